The number of halogens is 2. The molecule has 2 atom stereocenters. The number of guanidine groups is 1. The average molecular weight is 521 g/mol. The van der Waals surface area contributed by atoms with Crippen LogP contribution in [0.1, 0.15) is 24.5 Å². The minimum Gasteiger partial charge on any atom is -0.324 e. The van der Waals surface area contributed by atoms with Gasteiger partial charge in [-0.3, -0.25) is 24.3 Å². The van der Waals surface area contributed by atoms with Crippen molar-refractivity contribution < 1.29 is 18.9 Å². The number of hydrogen-bond acceptors (Lipinski definition) is 4. The molecule has 0 saturated carbocycles. The number of anilines is 2. The van der Waals surface area contributed by atoms with Crippen LogP contribution in [-0.2, 0) is 22.6 Å². The average Bonchev–Trinajstić information content (AvgIpc) is 2.91. The van der Waals surface area contributed by atoms with Gasteiger partial charge < -0.3 is 5.32 Å². The Kier molecular flexibility index (Phi) is 7.21. The third kappa shape index (κ3) is 5.50. The number of amides is 2. The first-order valence-electron chi connectivity index (χ1n) is 12.3. The van der Waals surface area contributed by atoms with Gasteiger partial charge in [0.2, 0.25) is 11.9 Å². The van der Waals surface area contributed by atoms with Crippen LogP contribution in [0.25, 0.3) is 0 Å². The molecule has 190 valence electrons. The summed E-state index contributed by atoms with van der Waals surface area (Å²) in [5.74, 6) is -0.826. The van der Waals surface area contributed by atoms with E-state index in [-0.39, 0.29) is 23.3 Å². The molecule has 5 rings (SSSR count). The van der Waals surface area contributed by atoms with Crippen molar-refractivity contribution in [3.05, 3.63) is 94.8 Å². The molecular weight excluding hydrogens is 493 g/mol. The number of carbonyl (C=O) groups is 2. The second kappa shape index (κ2) is 10.7. The summed E-state index contributed by atoms with van der Waals surface area (Å²) < 4.78 is 13.6. The number of quaternary nitrogens is 1. The Morgan fingerprint density at radius 2 is 1.84 bits per heavy atom. The van der Waals surface area contributed by atoms with Gasteiger partial charge in [-0.05, 0) is 42.3 Å². The highest BCUT2D eigenvalue weighted by atomic mass is 35.5. The SMILES string of the molecule is CCc1ccc(N2C[NH+](Cc3ccccc3)CN3C2=NC(=O)C[C@@H]3C(=O)Nc2ccc(F)c(Cl)c2)cc1. The van der Waals surface area contributed by atoms with Gasteiger partial charge in [0.05, 0.1) is 11.4 Å². The van der Waals surface area contributed by atoms with Crippen molar-refractivity contribution in [3.63, 3.8) is 0 Å². The topological polar surface area (TPSA) is 69.5 Å². The molecule has 3 aromatic carbocycles. The van der Waals surface area contributed by atoms with E-state index in [4.69, 9.17) is 11.6 Å². The Bertz CT molecular complexity index is 1330. The van der Waals surface area contributed by atoms with Gasteiger partial charge in [-0.25, -0.2) is 4.39 Å². The van der Waals surface area contributed by atoms with E-state index in [1.165, 1.54) is 34.2 Å². The number of aryl methyl sites for hydroxylation is 1. The van der Waals surface area contributed by atoms with Crippen molar-refractivity contribution in [1.82, 2.24) is 4.90 Å². The summed E-state index contributed by atoms with van der Waals surface area (Å²) in [6.07, 6.45) is 0.873. The molecule has 0 spiro atoms. The molecule has 2 aliphatic heterocycles. The molecule has 2 amide bonds. The highest BCUT2D eigenvalue weighted by Gasteiger charge is 2.43. The van der Waals surface area contributed by atoms with Crippen molar-refractivity contribution in [2.75, 3.05) is 23.6 Å². The lowest BCUT2D eigenvalue weighted by Crippen LogP contribution is -3.16. The van der Waals surface area contributed by atoms with Crippen LogP contribution < -0.4 is 15.1 Å². The molecule has 2 N–H and O–H groups in total. The lowest BCUT2D eigenvalue weighted by Gasteiger charge is -2.46. The first kappa shape index (κ1) is 24.9. The summed E-state index contributed by atoms with van der Waals surface area (Å²) in [6, 6.07) is 21.6. The van der Waals surface area contributed by atoms with E-state index < -0.39 is 11.9 Å². The van der Waals surface area contributed by atoms with E-state index in [9.17, 15) is 14.0 Å². The zero-order valence-corrected chi connectivity index (χ0v) is 21.2. The fraction of sp³-hybridized carbons (Fsp3) is 0.250. The molecule has 0 radical (unpaired) electrons. The predicted octanol–water partition coefficient (Wildman–Crippen LogP) is 3.46. The van der Waals surface area contributed by atoms with Gasteiger partial charge in [0.15, 0.2) is 13.3 Å². The van der Waals surface area contributed by atoms with Crippen LogP contribution in [-0.4, -0.2) is 42.1 Å². The molecule has 0 bridgehead atoms. The van der Waals surface area contributed by atoms with Crippen LogP contribution in [0.4, 0.5) is 15.8 Å². The summed E-state index contributed by atoms with van der Waals surface area (Å²) in [5.41, 5.74) is 3.66. The highest BCUT2D eigenvalue weighted by molar-refractivity contribution is 6.31. The maximum absolute atomic E-state index is 13.6. The molecule has 7 nitrogen and oxygen atoms in total. The van der Waals surface area contributed by atoms with Gasteiger partial charge in [-0.15, -0.1) is 0 Å². The normalized spacial score (nSPS) is 19.3. The number of aliphatic imine (C=N–C) groups is 1. The fourth-order valence-corrected chi connectivity index (χ4v) is 4.95. The smallest absolute Gasteiger partial charge is 0.251 e. The van der Waals surface area contributed by atoms with E-state index in [2.05, 4.69) is 41.5 Å². The van der Waals surface area contributed by atoms with E-state index >= 15 is 0 Å². The Morgan fingerprint density at radius 3 is 2.54 bits per heavy atom. The van der Waals surface area contributed by atoms with Gasteiger partial charge in [-0.2, -0.15) is 4.99 Å². The second-order valence-electron chi connectivity index (χ2n) is 9.29. The summed E-state index contributed by atoms with van der Waals surface area (Å²) >= 11 is 5.90. The van der Waals surface area contributed by atoms with Crippen molar-refractivity contribution in [2.24, 2.45) is 4.99 Å². The molecule has 0 aromatic heterocycles. The summed E-state index contributed by atoms with van der Waals surface area (Å²) in [6.45, 7) is 3.92. The zero-order chi connectivity index (χ0) is 25.9. The van der Waals surface area contributed by atoms with Gasteiger partial charge >= 0.3 is 0 Å². The first-order chi connectivity index (χ1) is 17.9. The van der Waals surface area contributed by atoms with Crippen molar-refractivity contribution in [3.8, 4) is 0 Å². The number of fused-ring (bicyclic) bond motifs is 1. The molecule has 1 fully saturated rings. The second-order valence-corrected chi connectivity index (χ2v) is 9.70. The molecule has 9 heteroatoms. The van der Waals surface area contributed by atoms with Crippen LogP contribution >= 0.6 is 11.6 Å². The monoisotopic (exact) mass is 520 g/mol. The van der Waals surface area contributed by atoms with Gasteiger partial charge in [0.1, 0.15) is 18.4 Å². The molecule has 1 saturated heterocycles. The van der Waals surface area contributed by atoms with E-state index in [1.54, 1.807) is 0 Å². The van der Waals surface area contributed by atoms with Gasteiger partial charge in [-0.1, -0.05) is 61.0 Å². The Morgan fingerprint density at radius 1 is 1.08 bits per heavy atom. The highest BCUT2D eigenvalue weighted by Crippen LogP contribution is 2.25. The number of nitrogens with one attached hydrogen (secondary N) is 2. The van der Waals surface area contributed by atoms with Crippen LogP contribution in [0.3, 0.4) is 0 Å². The first-order valence-corrected chi connectivity index (χ1v) is 12.7. The molecule has 3 aromatic rings. The summed E-state index contributed by atoms with van der Waals surface area (Å²) in [4.78, 5) is 35.6. The maximum Gasteiger partial charge on any atom is 0.251 e. The lowest BCUT2D eigenvalue weighted by atomic mass is 10.1. The summed E-state index contributed by atoms with van der Waals surface area (Å²) in [5, 5.41) is 2.72. The van der Waals surface area contributed by atoms with Crippen LogP contribution in [0.15, 0.2) is 77.8 Å². The molecule has 2 heterocycles. The van der Waals surface area contributed by atoms with Crippen LogP contribution in [0.5, 0.6) is 0 Å². The molecule has 1 unspecified atom stereocenters. The summed E-state index contributed by atoms with van der Waals surface area (Å²) in [7, 11) is 0. The minimum atomic E-state index is -0.771. The predicted molar refractivity (Wildman–Crippen MR) is 142 cm³/mol. The number of nitrogens with zero attached hydrogens (tertiary/aromatic N) is 3. The van der Waals surface area contributed by atoms with Crippen molar-refractivity contribution >= 4 is 40.7 Å². The number of rotatable bonds is 6. The van der Waals surface area contributed by atoms with E-state index in [0.717, 1.165) is 18.7 Å². The van der Waals surface area contributed by atoms with E-state index in [1.807, 2.05) is 40.1 Å². The quantitative estimate of drug-likeness (QED) is 0.522. The Hall–Kier alpha value is -3.75. The Labute approximate surface area is 220 Å². The molecular formula is C28H28ClFN5O2+. The molecule has 2 aliphatic rings. The van der Waals surface area contributed by atoms with Crippen molar-refractivity contribution in [2.45, 2.75) is 32.4 Å². The number of carbonyl (C=O) groups excluding carboxylic acids is 2. The van der Waals surface area contributed by atoms with Crippen LogP contribution in [0, 0.1) is 5.82 Å². The minimum absolute atomic E-state index is 0.0501. The van der Waals surface area contributed by atoms with E-state index in [0.29, 0.717) is 25.0 Å². The number of hydrogen-bond donors (Lipinski definition) is 2. The largest absolute Gasteiger partial charge is 0.324 e. The lowest BCUT2D eigenvalue weighted by molar-refractivity contribution is -0.924. The standard InChI is InChI=1S/C28H27ClFN5O2/c1-2-19-8-11-22(12-9-19)34-17-33(16-20-6-4-3-5-7-20)18-35-25(15-26(36)32-28(34)35)27(37)31-21-10-13-24(30)23(29)14-21/h3-14,25H,2,15-18H2,1H3,(H,31,37)/p+1/t25-/m1/s1. The third-order valence-corrected chi connectivity index (χ3v) is 6.98. The maximum atomic E-state index is 13.6. The molecule has 37 heavy (non-hydrogen) atoms. The zero-order valence-electron chi connectivity index (χ0n) is 20.5. The van der Waals surface area contributed by atoms with Crippen LogP contribution in [0.2, 0.25) is 5.02 Å². The van der Waals surface area contributed by atoms with Gasteiger partial charge in [0, 0.05) is 16.9 Å². The van der Waals surface area contributed by atoms with Gasteiger partial charge in [0.25, 0.3) is 5.91 Å². The third-order valence-electron chi connectivity index (χ3n) is 6.69. The molecule has 0 aliphatic carbocycles. The van der Waals surface area contributed by atoms with Crippen molar-refractivity contribution in [1.29, 1.82) is 0 Å². The fourth-order valence-electron chi connectivity index (χ4n) is 4.77. The Balaban J connectivity index is 1.46. The number of benzene rings is 3.